The van der Waals surface area contributed by atoms with E-state index in [0.717, 1.165) is 15.6 Å². The van der Waals surface area contributed by atoms with Crippen molar-refractivity contribution < 1.29 is 14.3 Å². The fraction of sp³-hybridized carbons (Fsp3) is 0.235. The zero-order valence-corrected chi connectivity index (χ0v) is 15.3. The predicted octanol–water partition coefficient (Wildman–Crippen LogP) is 3.88. The number of benzene rings is 1. The number of halogens is 1. The van der Waals surface area contributed by atoms with Crippen molar-refractivity contribution in [3.63, 3.8) is 0 Å². The number of carbonyl (C=O) groups is 2. The third-order valence-electron chi connectivity index (χ3n) is 3.61. The third-order valence-corrected chi connectivity index (χ3v) is 5.25. The Morgan fingerprint density at radius 1 is 1.40 bits per heavy atom. The highest BCUT2D eigenvalue weighted by molar-refractivity contribution is 7.21. The normalized spacial score (nSPS) is 10.8. The zero-order chi connectivity index (χ0) is 18.0. The minimum absolute atomic E-state index is 0.108. The number of aryl methyl sites for hydroxylation is 2. The highest BCUT2D eigenvalue weighted by Crippen LogP contribution is 2.37. The Morgan fingerprint density at radius 2 is 2.20 bits per heavy atom. The number of thiophene rings is 1. The molecule has 6 nitrogen and oxygen atoms in total. The molecular formula is C17H16ClN3O3S. The molecule has 1 amide bonds. The summed E-state index contributed by atoms with van der Waals surface area (Å²) in [6.45, 7) is 2.47. The summed E-state index contributed by atoms with van der Waals surface area (Å²) in [7, 11) is 1.32. The van der Waals surface area contributed by atoms with Gasteiger partial charge in [-0.3, -0.25) is 9.48 Å². The average Bonchev–Trinajstić information content (AvgIpc) is 3.15. The number of nitrogens with zero attached hydrogens (tertiary/aromatic N) is 2. The van der Waals surface area contributed by atoms with Crippen molar-refractivity contribution in [3.8, 4) is 0 Å². The van der Waals surface area contributed by atoms with Crippen molar-refractivity contribution in [2.24, 2.45) is 0 Å². The van der Waals surface area contributed by atoms with Crippen LogP contribution < -0.4 is 5.32 Å². The van der Waals surface area contributed by atoms with E-state index in [-0.39, 0.29) is 5.91 Å². The van der Waals surface area contributed by atoms with Gasteiger partial charge in [-0.25, -0.2) is 4.79 Å². The van der Waals surface area contributed by atoms with Crippen LogP contribution in [0.5, 0.6) is 0 Å². The topological polar surface area (TPSA) is 73.2 Å². The van der Waals surface area contributed by atoms with E-state index in [1.807, 2.05) is 13.1 Å². The van der Waals surface area contributed by atoms with Crippen LogP contribution in [0.25, 0.3) is 10.1 Å². The number of hydrogen-bond donors (Lipinski definition) is 1. The maximum absolute atomic E-state index is 12.1. The second kappa shape index (κ2) is 7.25. The molecule has 1 N–H and O–H groups in total. The number of anilines is 1. The van der Waals surface area contributed by atoms with Crippen LogP contribution >= 0.6 is 22.9 Å². The van der Waals surface area contributed by atoms with Gasteiger partial charge in [-0.2, -0.15) is 5.10 Å². The van der Waals surface area contributed by atoms with Gasteiger partial charge in [-0.1, -0.05) is 11.6 Å². The molecule has 3 rings (SSSR count). The van der Waals surface area contributed by atoms with Crippen LogP contribution in [-0.2, 0) is 16.1 Å². The lowest BCUT2D eigenvalue weighted by atomic mass is 10.2. The number of hydrogen-bond acceptors (Lipinski definition) is 5. The fourth-order valence-corrected chi connectivity index (χ4v) is 3.86. The van der Waals surface area contributed by atoms with E-state index in [1.165, 1.54) is 18.4 Å². The third kappa shape index (κ3) is 3.83. The maximum atomic E-state index is 12.1. The largest absolute Gasteiger partial charge is 0.465 e. The van der Waals surface area contributed by atoms with Crippen LogP contribution in [0, 0.1) is 6.92 Å². The van der Waals surface area contributed by atoms with E-state index < -0.39 is 5.97 Å². The van der Waals surface area contributed by atoms with Crippen molar-refractivity contribution in [1.29, 1.82) is 0 Å². The Kier molecular flexibility index (Phi) is 5.06. The molecule has 0 aliphatic heterocycles. The van der Waals surface area contributed by atoms with E-state index in [4.69, 9.17) is 16.3 Å². The molecule has 0 fully saturated rings. The lowest BCUT2D eigenvalue weighted by Crippen LogP contribution is -2.14. The number of aromatic nitrogens is 2. The predicted molar refractivity (Wildman–Crippen MR) is 98.4 cm³/mol. The quantitative estimate of drug-likeness (QED) is 0.685. The van der Waals surface area contributed by atoms with Crippen molar-refractivity contribution in [2.45, 2.75) is 19.9 Å². The molecule has 0 unspecified atom stereocenters. The number of amides is 1. The monoisotopic (exact) mass is 377 g/mol. The summed E-state index contributed by atoms with van der Waals surface area (Å²) in [6, 6.07) is 5.35. The Morgan fingerprint density at radius 3 is 2.88 bits per heavy atom. The first kappa shape index (κ1) is 17.4. The molecule has 0 saturated heterocycles. The number of fused-ring (bicyclic) bond motifs is 1. The Hall–Kier alpha value is -2.38. The number of esters is 1. The second-order valence-electron chi connectivity index (χ2n) is 5.53. The number of rotatable bonds is 5. The molecule has 3 aromatic rings. The summed E-state index contributed by atoms with van der Waals surface area (Å²) < 4.78 is 7.27. The number of nitrogens with one attached hydrogen (secondary N) is 1. The molecule has 0 aliphatic rings. The molecule has 0 saturated carbocycles. The first-order chi connectivity index (χ1) is 12.0. The van der Waals surface area contributed by atoms with E-state index in [0.29, 0.717) is 28.6 Å². The van der Waals surface area contributed by atoms with Crippen LogP contribution in [0.3, 0.4) is 0 Å². The molecule has 8 heteroatoms. The van der Waals surface area contributed by atoms with Gasteiger partial charge in [0, 0.05) is 34.9 Å². The van der Waals surface area contributed by atoms with Crippen molar-refractivity contribution >= 4 is 50.6 Å². The highest BCUT2D eigenvalue weighted by atomic mass is 35.5. The zero-order valence-electron chi connectivity index (χ0n) is 13.7. The molecule has 0 spiro atoms. The van der Waals surface area contributed by atoms with Crippen molar-refractivity contribution in [3.05, 3.63) is 46.1 Å². The Bertz CT molecular complexity index is 948. The molecule has 0 atom stereocenters. The van der Waals surface area contributed by atoms with E-state index >= 15 is 0 Å². The van der Waals surface area contributed by atoms with Crippen LogP contribution in [0.15, 0.2) is 30.6 Å². The van der Waals surface area contributed by atoms with Gasteiger partial charge in [-0.15, -0.1) is 11.3 Å². The molecule has 0 aliphatic carbocycles. The SMILES string of the molecule is COC(=O)c1sc2cc(NC(=O)CCn3cc(C)cn3)ccc2c1Cl. The lowest BCUT2D eigenvalue weighted by molar-refractivity contribution is -0.116. The van der Waals surface area contributed by atoms with Crippen LogP contribution in [0.2, 0.25) is 5.02 Å². The highest BCUT2D eigenvalue weighted by Gasteiger charge is 2.18. The molecule has 0 radical (unpaired) electrons. The summed E-state index contributed by atoms with van der Waals surface area (Å²) in [5.41, 5.74) is 1.71. The van der Waals surface area contributed by atoms with Gasteiger partial charge in [0.2, 0.25) is 5.91 Å². The second-order valence-corrected chi connectivity index (χ2v) is 6.96. The first-order valence-electron chi connectivity index (χ1n) is 7.57. The van der Waals surface area contributed by atoms with E-state index in [2.05, 4.69) is 10.4 Å². The van der Waals surface area contributed by atoms with Gasteiger partial charge >= 0.3 is 5.97 Å². The van der Waals surface area contributed by atoms with Gasteiger partial charge in [0.15, 0.2) is 0 Å². The molecule has 130 valence electrons. The van der Waals surface area contributed by atoms with Gasteiger partial charge < -0.3 is 10.1 Å². The molecule has 0 bridgehead atoms. The lowest BCUT2D eigenvalue weighted by Gasteiger charge is -2.05. The molecule has 1 aromatic carbocycles. The summed E-state index contributed by atoms with van der Waals surface area (Å²) in [6.07, 6.45) is 3.96. The van der Waals surface area contributed by atoms with Crippen molar-refractivity contribution in [1.82, 2.24) is 9.78 Å². The van der Waals surface area contributed by atoms with E-state index in [9.17, 15) is 9.59 Å². The van der Waals surface area contributed by atoms with Gasteiger partial charge in [0.25, 0.3) is 0 Å². The molecule has 2 heterocycles. The Balaban J connectivity index is 1.71. The minimum Gasteiger partial charge on any atom is -0.465 e. The Labute approximate surface area is 153 Å². The number of carbonyl (C=O) groups excluding carboxylic acids is 2. The smallest absolute Gasteiger partial charge is 0.349 e. The number of methoxy groups -OCH3 is 1. The number of ether oxygens (including phenoxy) is 1. The first-order valence-corrected chi connectivity index (χ1v) is 8.76. The maximum Gasteiger partial charge on any atom is 0.349 e. The molecular weight excluding hydrogens is 362 g/mol. The van der Waals surface area contributed by atoms with Crippen LogP contribution in [0.1, 0.15) is 21.7 Å². The van der Waals surface area contributed by atoms with Crippen molar-refractivity contribution in [2.75, 3.05) is 12.4 Å². The van der Waals surface area contributed by atoms with Gasteiger partial charge in [-0.05, 0) is 30.7 Å². The summed E-state index contributed by atoms with van der Waals surface area (Å²) >= 11 is 7.46. The summed E-state index contributed by atoms with van der Waals surface area (Å²) in [5, 5.41) is 8.14. The average molecular weight is 378 g/mol. The van der Waals surface area contributed by atoms with E-state index in [1.54, 1.807) is 29.1 Å². The van der Waals surface area contributed by atoms with Gasteiger partial charge in [0.1, 0.15) is 4.88 Å². The van der Waals surface area contributed by atoms with Crippen LogP contribution in [-0.4, -0.2) is 28.8 Å². The van der Waals surface area contributed by atoms with Gasteiger partial charge in [0.05, 0.1) is 18.3 Å². The summed E-state index contributed by atoms with van der Waals surface area (Å²) in [5.74, 6) is -0.574. The molecule has 2 aromatic heterocycles. The molecule has 25 heavy (non-hydrogen) atoms. The summed E-state index contributed by atoms with van der Waals surface area (Å²) in [4.78, 5) is 24.2. The minimum atomic E-state index is -0.466. The standard InChI is InChI=1S/C17H16ClN3O3S/c1-10-8-19-21(9-10)6-5-14(22)20-11-3-4-12-13(7-11)25-16(15(12)18)17(23)24-2/h3-4,7-9H,5-6H2,1-2H3,(H,20,22). The fourth-order valence-electron chi connectivity index (χ4n) is 2.40. The van der Waals surface area contributed by atoms with Crippen LogP contribution in [0.4, 0.5) is 5.69 Å².